The van der Waals surface area contributed by atoms with E-state index in [4.69, 9.17) is 14.2 Å². The maximum Gasteiger partial charge on any atom is 0.417 e. The summed E-state index contributed by atoms with van der Waals surface area (Å²) in [6, 6.07) is 8.85. The van der Waals surface area contributed by atoms with E-state index >= 15 is 0 Å². The number of imide groups is 1. The summed E-state index contributed by atoms with van der Waals surface area (Å²) in [5.41, 5.74) is 0.832. The molecule has 1 fully saturated rings. The zero-order chi connectivity index (χ0) is 17.5. The highest BCUT2D eigenvalue weighted by Crippen LogP contribution is 2.38. The maximum atomic E-state index is 12.4. The first-order valence-electron chi connectivity index (χ1n) is 8.42. The topological polar surface area (TPSA) is 65.1 Å². The van der Waals surface area contributed by atoms with Crippen LogP contribution in [0.2, 0.25) is 0 Å². The predicted octanol–water partition coefficient (Wildman–Crippen LogP) is 3.27. The Morgan fingerprint density at radius 3 is 2.58 bits per heavy atom. The lowest BCUT2D eigenvalue weighted by atomic mass is 9.91. The monoisotopic (exact) mass is 335 g/mol. The van der Waals surface area contributed by atoms with E-state index in [1.54, 1.807) is 6.92 Å². The van der Waals surface area contributed by atoms with Crippen molar-refractivity contribution in [2.75, 3.05) is 13.2 Å². The lowest BCUT2D eigenvalue weighted by molar-refractivity contribution is -0.210. The van der Waals surface area contributed by atoms with Crippen LogP contribution in [0.1, 0.15) is 45.2 Å². The summed E-state index contributed by atoms with van der Waals surface area (Å²) in [6.07, 6.45) is -0.196. The molecule has 1 aliphatic rings. The first-order chi connectivity index (χ1) is 11.6. The van der Waals surface area contributed by atoms with Crippen molar-refractivity contribution in [3.05, 3.63) is 35.9 Å². The summed E-state index contributed by atoms with van der Waals surface area (Å²) in [7, 11) is 0. The smallest absolute Gasteiger partial charge is 0.417 e. The molecule has 0 radical (unpaired) electrons. The second-order valence-corrected chi connectivity index (χ2v) is 5.61. The highest BCUT2D eigenvalue weighted by Gasteiger charge is 2.54. The number of ether oxygens (including phenoxy) is 3. The van der Waals surface area contributed by atoms with Crippen LogP contribution in [0.3, 0.4) is 0 Å². The molecular formula is C18H25NO5. The number of hydrogen-bond donors (Lipinski definition) is 0. The van der Waals surface area contributed by atoms with Gasteiger partial charge in [-0.15, -0.1) is 0 Å². The number of benzene rings is 1. The van der Waals surface area contributed by atoms with Crippen LogP contribution in [0.15, 0.2) is 30.3 Å². The Morgan fingerprint density at radius 2 is 1.96 bits per heavy atom. The fourth-order valence-corrected chi connectivity index (χ4v) is 2.63. The molecule has 6 nitrogen and oxygen atoms in total. The van der Waals surface area contributed by atoms with Crippen LogP contribution >= 0.6 is 0 Å². The van der Waals surface area contributed by atoms with Gasteiger partial charge in [-0.05, 0) is 25.8 Å². The van der Waals surface area contributed by atoms with Crippen molar-refractivity contribution in [1.82, 2.24) is 4.90 Å². The molecule has 2 amide bonds. The third-order valence-corrected chi connectivity index (χ3v) is 3.85. The molecular weight excluding hydrogens is 310 g/mol. The van der Waals surface area contributed by atoms with E-state index < -0.39 is 30.4 Å². The van der Waals surface area contributed by atoms with Crippen LogP contribution in [0, 0.1) is 0 Å². The molecule has 132 valence electrons. The first-order valence-corrected chi connectivity index (χ1v) is 8.42. The van der Waals surface area contributed by atoms with Gasteiger partial charge in [-0.1, -0.05) is 43.7 Å². The molecule has 1 aliphatic heterocycles. The molecule has 0 bridgehead atoms. The fraction of sp³-hybridized carbons (Fsp3) is 0.556. The minimum absolute atomic E-state index is 0.307. The molecule has 0 aliphatic carbocycles. The summed E-state index contributed by atoms with van der Waals surface area (Å²) in [5, 5.41) is 0. The Morgan fingerprint density at radius 1 is 1.25 bits per heavy atom. The van der Waals surface area contributed by atoms with E-state index in [9.17, 15) is 9.59 Å². The van der Waals surface area contributed by atoms with Gasteiger partial charge in [0.15, 0.2) is 12.4 Å². The lowest BCUT2D eigenvalue weighted by Gasteiger charge is -2.45. The number of carbonyl (C=O) groups is 2. The van der Waals surface area contributed by atoms with Gasteiger partial charge in [0.1, 0.15) is 6.04 Å². The van der Waals surface area contributed by atoms with Crippen LogP contribution < -0.4 is 0 Å². The second-order valence-electron chi connectivity index (χ2n) is 5.61. The van der Waals surface area contributed by atoms with E-state index in [1.165, 1.54) is 0 Å². The standard InChI is InChI=1S/C18H25NO5/c1-4-6-12-23-18(21)19-15(14-10-8-7-9-11-14)16(17(19)20)24-13(3)22-5-2/h7-11,13,15-16H,4-6,12H2,1-3H3/t13?,15-,16+/m0/s1. The van der Waals surface area contributed by atoms with E-state index in [1.807, 2.05) is 44.2 Å². The van der Waals surface area contributed by atoms with E-state index in [2.05, 4.69) is 0 Å². The van der Waals surface area contributed by atoms with Gasteiger partial charge in [0.25, 0.3) is 5.91 Å². The predicted molar refractivity (Wildman–Crippen MR) is 88.2 cm³/mol. The van der Waals surface area contributed by atoms with Gasteiger partial charge in [0.05, 0.1) is 6.61 Å². The molecule has 1 saturated heterocycles. The number of β-lactam (4-membered cyclic amide) rings is 1. The Hall–Kier alpha value is -1.92. The van der Waals surface area contributed by atoms with Gasteiger partial charge in [0.2, 0.25) is 0 Å². The van der Waals surface area contributed by atoms with Crippen molar-refractivity contribution in [1.29, 1.82) is 0 Å². The highest BCUT2D eigenvalue weighted by molar-refractivity contribution is 6.01. The number of amides is 2. The summed E-state index contributed by atoms with van der Waals surface area (Å²) >= 11 is 0. The van der Waals surface area contributed by atoms with Crippen molar-refractivity contribution in [3.63, 3.8) is 0 Å². The number of unbranched alkanes of at least 4 members (excludes halogenated alkanes) is 1. The Balaban J connectivity index is 2.12. The molecule has 1 heterocycles. The molecule has 3 atom stereocenters. The molecule has 24 heavy (non-hydrogen) atoms. The number of hydrogen-bond acceptors (Lipinski definition) is 5. The molecule has 0 N–H and O–H groups in total. The van der Waals surface area contributed by atoms with Crippen LogP contribution in [0.4, 0.5) is 4.79 Å². The van der Waals surface area contributed by atoms with Crippen LogP contribution in [-0.4, -0.2) is 42.5 Å². The minimum Gasteiger partial charge on any atom is -0.449 e. The fourth-order valence-electron chi connectivity index (χ4n) is 2.63. The molecule has 0 aromatic heterocycles. The Labute approximate surface area is 142 Å². The van der Waals surface area contributed by atoms with Gasteiger partial charge in [-0.25, -0.2) is 9.69 Å². The van der Waals surface area contributed by atoms with E-state index in [0.717, 1.165) is 23.3 Å². The zero-order valence-corrected chi connectivity index (χ0v) is 14.4. The van der Waals surface area contributed by atoms with Crippen LogP contribution in [0.5, 0.6) is 0 Å². The van der Waals surface area contributed by atoms with E-state index in [-0.39, 0.29) is 0 Å². The third kappa shape index (κ3) is 4.13. The highest BCUT2D eigenvalue weighted by atomic mass is 16.7. The normalized spacial score (nSPS) is 21.3. The van der Waals surface area contributed by atoms with Crippen molar-refractivity contribution in [2.45, 2.75) is 52.0 Å². The number of rotatable bonds is 8. The number of carbonyl (C=O) groups excluding carboxylic acids is 2. The molecule has 2 rings (SSSR count). The average molecular weight is 335 g/mol. The largest absolute Gasteiger partial charge is 0.449 e. The summed E-state index contributed by atoms with van der Waals surface area (Å²) in [4.78, 5) is 25.8. The summed E-state index contributed by atoms with van der Waals surface area (Å²) < 4.78 is 16.2. The van der Waals surface area contributed by atoms with Gasteiger partial charge in [-0.3, -0.25) is 4.79 Å². The second kappa shape index (κ2) is 8.80. The number of likely N-dealkylation sites (tertiary alicyclic amines) is 1. The van der Waals surface area contributed by atoms with Crippen LogP contribution in [-0.2, 0) is 19.0 Å². The Kier molecular flexibility index (Phi) is 6.75. The van der Waals surface area contributed by atoms with Crippen LogP contribution in [0.25, 0.3) is 0 Å². The Bertz CT molecular complexity index is 548. The molecule has 1 aromatic carbocycles. The van der Waals surface area contributed by atoms with Gasteiger partial charge in [0, 0.05) is 6.61 Å². The average Bonchev–Trinajstić information content (AvgIpc) is 2.58. The number of nitrogens with zero attached hydrogens (tertiary/aromatic N) is 1. The molecule has 1 unspecified atom stereocenters. The van der Waals surface area contributed by atoms with Crippen molar-refractivity contribution in [3.8, 4) is 0 Å². The summed E-state index contributed by atoms with van der Waals surface area (Å²) in [6.45, 7) is 6.40. The quantitative estimate of drug-likeness (QED) is 0.414. The SMILES string of the molecule is CCCCOC(=O)N1C(=O)[C@H](OC(C)OCC)[C@@H]1c1ccccc1. The van der Waals surface area contributed by atoms with Crippen molar-refractivity contribution >= 4 is 12.0 Å². The van der Waals surface area contributed by atoms with E-state index in [0.29, 0.717) is 13.2 Å². The molecule has 6 heteroatoms. The van der Waals surface area contributed by atoms with Crippen molar-refractivity contribution in [2.24, 2.45) is 0 Å². The van der Waals surface area contributed by atoms with Gasteiger partial charge >= 0.3 is 6.09 Å². The first kappa shape index (κ1) is 18.4. The maximum absolute atomic E-state index is 12.4. The minimum atomic E-state index is -0.743. The van der Waals surface area contributed by atoms with Gasteiger partial charge < -0.3 is 14.2 Å². The molecule has 1 aromatic rings. The zero-order valence-electron chi connectivity index (χ0n) is 14.4. The third-order valence-electron chi connectivity index (χ3n) is 3.85. The lowest BCUT2D eigenvalue weighted by Crippen LogP contribution is -2.62. The molecule has 0 saturated carbocycles. The molecule has 0 spiro atoms. The van der Waals surface area contributed by atoms with Gasteiger partial charge in [-0.2, -0.15) is 0 Å². The summed E-state index contributed by atoms with van der Waals surface area (Å²) in [5.74, 6) is -0.392. The van der Waals surface area contributed by atoms with Crippen molar-refractivity contribution < 1.29 is 23.8 Å².